The van der Waals surface area contributed by atoms with E-state index in [2.05, 4.69) is 26.0 Å². The number of unbranched alkanes of at least 4 members (excludes halogenated alkanes) is 62. The normalized spacial score (nSPS) is 12.6. The molecule has 0 radical (unpaired) electrons. The topological polar surface area (TPSA) is 108 Å². The molecule has 0 heterocycles. The number of hydrogen-bond donors (Lipinski definition) is 1. The van der Waals surface area contributed by atoms with Crippen molar-refractivity contribution in [3.8, 4) is 0 Å². The highest BCUT2D eigenvalue weighted by Gasteiger charge is 2.25. The van der Waals surface area contributed by atoms with Crippen molar-refractivity contribution in [1.82, 2.24) is 0 Å². The third-order valence-corrected chi connectivity index (χ3v) is 19.3. The molecule has 0 aromatic carbocycles. The van der Waals surface area contributed by atoms with E-state index in [1.54, 1.807) is 0 Å². The molecule has 0 saturated carbocycles. The Hall–Kier alpha value is -1.97. The lowest BCUT2D eigenvalue weighted by Gasteiger charge is -2.25. The van der Waals surface area contributed by atoms with E-state index in [0.717, 1.165) is 38.5 Å². The van der Waals surface area contributed by atoms with E-state index in [1.807, 2.05) is 21.1 Å². The number of aliphatic carboxylic acids is 1. The Morgan fingerprint density at radius 3 is 0.804 bits per heavy atom. The monoisotopic (exact) mass is 1300 g/mol. The minimum absolute atomic E-state index is 0.173. The van der Waals surface area contributed by atoms with E-state index in [1.165, 1.54) is 379 Å². The molecule has 0 aromatic rings. The van der Waals surface area contributed by atoms with Crippen molar-refractivity contribution in [2.45, 2.75) is 456 Å². The van der Waals surface area contributed by atoms with Crippen molar-refractivity contribution < 1.29 is 42.9 Å². The number of likely N-dealkylation sites (N-methyl/N-ethyl adjacent to an activating group) is 1. The summed E-state index contributed by atoms with van der Waals surface area (Å²) in [5, 5.41) is 9.77. The molecule has 0 fully saturated rings. The number of carboxylic acids is 1. The fourth-order valence-electron chi connectivity index (χ4n) is 13.0. The summed E-state index contributed by atoms with van der Waals surface area (Å²) in [4.78, 5) is 37.7. The van der Waals surface area contributed by atoms with E-state index >= 15 is 0 Å². The first-order valence-corrected chi connectivity index (χ1v) is 41.4. The first-order valence-electron chi connectivity index (χ1n) is 41.4. The summed E-state index contributed by atoms with van der Waals surface area (Å²) in [6.45, 7) is 4.98. The van der Waals surface area contributed by atoms with Crippen LogP contribution >= 0.6 is 0 Å². The summed E-state index contributed by atoms with van der Waals surface area (Å²) >= 11 is 0. The molecule has 0 aliphatic rings. The van der Waals surface area contributed by atoms with Crippen molar-refractivity contribution in [1.29, 1.82) is 0 Å². The highest BCUT2D eigenvalue weighted by atomic mass is 16.7. The molecule has 0 spiro atoms. The average Bonchev–Trinajstić information content (AvgIpc) is 3.75. The highest BCUT2D eigenvalue weighted by Crippen LogP contribution is 2.21. The largest absolute Gasteiger partial charge is 0.477 e. The molecule has 92 heavy (non-hydrogen) atoms. The quantitative estimate of drug-likeness (QED) is 0.0211. The number of allylic oxidation sites excluding steroid dienone is 2. The first-order chi connectivity index (χ1) is 45.1. The molecule has 0 aromatic heterocycles. The van der Waals surface area contributed by atoms with Gasteiger partial charge >= 0.3 is 17.9 Å². The maximum atomic E-state index is 13.0. The van der Waals surface area contributed by atoms with Gasteiger partial charge in [0.15, 0.2) is 6.10 Å². The van der Waals surface area contributed by atoms with Crippen LogP contribution in [0.1, 0.15) is 444 Å². The number of carbonyl (C=O) groups excluding carboxylic acids is 2. The van der Waals surface area contributed by atoms with Crippen LogP contribution in [-0.4, -0.2) is 87.4 Å². The van der Waals surface area contributed by atoms with E-state index in [-0.39, 0.29) is 38.2 Å². The van der Waals surface area contributed by atoms with E-state index in [9.17, 15) is 19.5 Å². The van der Waals surface area contributed by atoms with Crippen LogP contribution in [0.2, 0.25) is 0 Å². The van der Waals surface area contributed by atoms with Crippen LogP contribution in [0.4, 0.5) is 0 Å². The predicted molar refractivity (Wildman–Crippen MR) is 397 cm³/mol. The number of esters is 2. The number of quaternary nitrogens is 1. The fraction of sp³-hybridized carbons (Fsp3) is 0.940. The Kier molecular flexibility index (Phi) is 73.2. The predicted octanol–water partition coefficient (Wildman–Crippen LogP) is 26.3. The number of carboxylic acid groups (broad SMARTS) is 1. The zero-order valence-corrected chi connectivity index (χ0v) is 62.8. The van der Waals surface area contributed by atoms with Crippen LogP contribution in [0.5, 0.6) is 0 Å². The smallest absolute Gasteiger partial charge is 0.361 e. The van der Waals surface area contributed by atoms with Gasteiger partial charge in [-0.15, -0.1) is 0 Å². The molecular formula is C83H162NO8+. The third-order valence-electron chi connectivity index (χ3n) is 19.3. The minimum Gasteiger partial charge on any atom is -0.477 e. The van der Waals surface area contributed by atoms with Crippen molar-refractivity contribution in [3.05, 3.63) is 12.2 Å². The van der Waals surface area contributed by atoms with Gasteiger partial charge in [-0.2, -0.15) is 0 Å². The van der Waals surface area contributed by atoms with Crippen LogP contribution in [0.3, 0.4) is 0 Å². The Labute approximate surface area is 574 Å². The van der Waals surface area contributed by atoms with Crippen LogP contribution < -0.4 is 0 Å². The van der Waals surface area contributed by atoms with Gasteiger partial charge in [-0.25, -0.2) is 4.79 Å². The van der Waals surface area contributed by atoms with Gasteiger partial charge in [0.25, 0.3) is 6.29 Å². The third kappa shape index (κ3) is 75.4. The molecule has 2 unspecified atom stereocenters. The molecule has 0 bridgehead atoms. The standard InChI is InChI=1S/C83H161NO8/c1-6-8-10-12-14-16-18-20-22-24-26-28-30-32-34-36-37-38-39-40-41-42-43-44-46-47-49-51-53-55-57-59-61-63-65-67-69-71-73-80(85)90-77-79(78-91-83(82(87)88)89-76-75-84(3,4)5)92-81(86)74-72-70-68-66-64-62-60-58-56-54-52-50-48-45-35-33-31-29-27-25-23-21-19-17-15-13-11-9-7-2/h25,27,79,83H,6-24,26,28-78H2,1-5H3/p+1/b27-25-. The summed E-state index contributed by atoms with van der Waals surface area (Å²) in [5.74, 6) is -1.96. The van der Waals surface area contributed by atoms with E-state index in [4.69, 9.17) is 18.9 Å². The van der Waals surface area contributed by atoms with Gasteiger partial charge < -0.3 is 28.5 Å². The molecule has 9 nitrogen and oxygen atoms in total. The zero-order chi connectivity index (χ0) is 66.8. The fourth-order valence-corrected chi connectivity index (χ4v) is 13.0. The lowest BCUT2D eigenvalue weighted by atomic mass is 10.0. The summed E-state index contributed by atoms with van der Waals surface area (Å²) in [5.41, 5.74) is 0. The molecule has 0 aliphatic heterocycles. The van der Waals surface area contributed by atoms with E-state index in [0.29, 0.717) is 17.4 Å². The summed E-state index contributed by atoms with van der Waals surface area (Å²) in [6, 6.07) is 0. The van der Waals surface area contributed by atoms with Gasteiger partial charge in [0.05, 0.1) is 34.4 Å². The lowest BCUT2D eigenvalue weighted by Crippen LogP contribution is -2.40. The summed E-state index contributed by atoms with van der Waals surface area (Å²) in [6.07, 6.45) is 91.1. The Bertz CT molecular complexity index is 1510. The van der Waals surface area contributed by atoms with Gasteiger partial charge in [0, 0.05) is 12.8 Å². The molecular weight excluding hydrogens is 1140 g/mol. The van der Waals surface area contributed by atoms with Gasteiger partial charge in [0.1, 0.15) is 13.2 Å². The molecule has 1 N–H and O–H groups in total. The van der Waals surface area contributed by atoms with Crippen LogP contribution in [-0.2, 0) is 33.3 Å². The number of carbonyl (C=O) groups is 3. The van der Waals surface area contributed by atoms with Crippen LogP contribution in [0.15, 0.2) is 12.2 Å². The number of rotatable bonds is 79. The number of nitrogens with zero attached hydrogens (tertiary/aromatic N) is 1. The lowest BCUT2D eigenvalue weighted by molar-refractivity contribution is -0.870. The molecule has 0 rings (SSSR count). The van der Waals surface area contributed by atoms with Crippen molar-refractivity contribution in [2.24, 2.45) is 0 Å². The molecule has 0 amide bonds. The maximum Gasteiger partial charge on any atom is 0.361 e. The Balaban J connectivity index is 3.92. The van der Waals surface area contributed by atoms with Crippen molar-refractivity contribution >= 4 is 17.9 Å². The Morgan fingerprint density at radius 2 is 0.554 bits per heavy atom. The second-order valence-corrected chi connectivity index (χ2v) is 29.8. The van der Waals surface area contributed by atoms with Gasteiger partial charge in [-0.3, -0.25) is 9.59 Å². The highest BCUT2D eigenvalue weighted by molar-refractivity contribution is 5.71. The maximum absolute atomic E-state index is 13.0. The number of ether oxygens (including phenoxy) is 4. The average molecular weight is 1300 g/mol. The molecule has 0 aliphatic carbocycles. The molecule has 2 atom stereocenters. The first kappa shape index (κ1) is 90.0. The summed E-state index contributed by atoms with van der Waals surface area (Å²) < 4.78 is 23.1. The van der Waals surface area contributed by atoms with E-state index < -0.39 is 18.4 Å². The van der Waals surface area contributed by atoms with Crippen molar-refractivity contribution in [2.75, 3.05) is 47.5 Å². The molecule has 546 valence electrons. The zero-order valence-electron chi connectivity index (χ0n) is 62.8. The van der Waals surface area contributed by atoms with Crippen LogP contribution in [0, 0.1) is 0 Å². The second kappa shape index (κ2) is 74.8. The van der Waals surface area contributed by atoms with Crippen LogP contribution in [0.25, 0.3) is 0 Å². The van der Waals surface area contributed by atoms with Gasteiger partial charge in [-0.1, -0.05) is 405 Å². The second-order valence-electron chi connectivity index (χ2n) is 29.8. The van der Waals surface area contributed by atoms with Gasteiger partial charge in [0.2, 0.25) is 0 Å². The van der Waals surface area contributed by atoms with Gasteiger partial charge in [-0.05, 0) is 38.5 Å². The SMILES string of the molecule is CCCCCCCCCC/C=C\CCCCCCCCCCCCCCCCCCCC(=O)OC(COC(=O)CCCCCCCCCCCCCCCCCCCCCCCCCCCCCCCCCCCCCCCC)COC(OCC[N+](C)(C)C)C(=O)O. The van der Waals surface area contributed by atoms with Crippen molar-refractivity contribution in [3.63, 3.8) is 0 Å². The molecule has 0 saturated heterocycles. The summed E-state index contributed by atoms with van der Waals surface area (Å²) in [7, 11) is 6.00. The Morgan fingerprint density at radius 1 is 0.315 bits per heavy atom. The number of hydrogen-bond acceptors (Lipinski definition) is 7. The molecule has 9 heteroatoms. The minimum atomic E-state index is -1.51.